The summed E-state index contributed by atoms with van der Waals surface area (Å²) >= 11 is 0. The molecule has 1 aliphatic rings. The Labute approximate surface area is 305 Å². The fourth-order valence-corrected chi connectivity index (χ4v) is 5.41. The maximum Gasteiger partial charge on any atom is 0.329 e. The quantitative estimate of drug-likeness (QED) is 0.0502. The van der Waals surface area contributed by atoms with Crippen LogP contribution in [0.5, 0.6) is 0 Å². The van der Waals surface area contributed by atoms with E-state index < -0.39 is 31.3 Å². The van der Waals surface area contributed by atoms with Gasteiger partial charge in [0, 0.05) is 37.8 Å². The number of carbonyl (C=O) groups is 3. The first-order valence-corrected chi connectivity index (χ1v) is 18.9. The Hall–Kier alpha value is -3.86. The van der Waals surface area contributed by atoms with Gasteiger partial charge < -0.3 is 30.5 Å². The average molecular weight is 707 g/mol. The Morgan fingerprint density at radius 3 is 2.08 bits per heavy atom. The number of esters is 1. The zero-order chi connectivity index (χ0) is 36.8. The summed E-state index contributed by atoms with van der Waals surface area (Å²) < 4.78 is 5.20. The number of hydrogen-bond donors (Lipinski definition) is 4. The highest BCUT2D eigenvalue weighted by Gasteiger charge is 2.24. The zero-order valence-electron chi connectivity index (χ0n) is 30.7. The number of allylic oxidation sites excluding steroid dienone is 10. The van der Waals surface area contributed by atoms with Crippen LogP contribution in [-0.2, 0) is 20.7 Å². The third-order valence-corrected chi connectivity index (χ3v) is 8.42. The topological polar surface area (TPSA) is 141 Å². The van der Waals surface area contributed by atoms with Gasteiger partial charge in [-0.25, -0.2) is 4.79 Å². The van der Waals surface area contributed by atoms with Crippen LogP contribution in [0.15, 0.2) is 79.1 Å². The van der Waals surface area contributed by atoms with Crippen molar-refractivity contribution in [1.82, 2.24) is 20.5 Å². The van der Waals surface area contributed by atoms with Crippen molar-refractivity contribution in [3.63, 3.8) is 0 Å². The lowest BCUT2D eigenvalue weighted by Gasteiger charge is -2.20. The highest BCUT2D eigenvalue weighted by atomic mass is 16.6. The van der Waals surface area contributed by atoms with Crippen LogP contribution in [0.1, 0.15) is 106 Å². The van der Waals surface area contributed by atoms with E-state index in [1.165, 1.54) is 12.8 Å². The molecule has 1 aromatic rings. The van der Waals surface area contributed by atoms with Crippen molar-refractivity contribution in [1.29, 1.82) is 0 Å². The van der Waals surface area contributed by atoms with Gasteiger partial charge in [0.1, 0.15) is 12.1 Å². The van der Waals surface area contributed by atoms with E-state index in [0.29, 0.717) is 37.8 Å². The molecule has 4 N–H and O–H groups in total. The van der Waals surface area contributed by atoms with Crippen molar-refractivity contribution in [2.24, 2.45) is 0 Å². The highest BCUT2D eigenvalue weighted by Crippen LogP contribution is 2.10. The second kappa shape index (κ2) is 28.8. The first-order valence-electron chi connectivity index (χ1n) is 18.9. The van der Waals surface area contributed by atoms with Crippen LogP contribution < -0.4 is 10.6 Å². The second-order valence-corrected chi connectivity index (χ2v) is 12.7. The lowest BCUT2D eigenvalue weighted by Crippen LogP contribution is -2.44. The molecule has 0 radical (unpaired) electrons. The number of amides is 2. The standard InChI is InChI=1S/C41H62N4O6/c1-2-3-4-5-6-7-8-9-10-11-12-13-14-15-16-17-18-24-39(48)44-38(41(50)51-37(33-46)34-47)23-19-20-28-42-40(49)35-25-26-36(43-32-35)27-31-45-29-21-22-30-45/h3-4,6-7,9-10,12-13,15-16,25-26,32,37-38,46-47H,2,5,8,11,14,17-24,27-31,33-34H2,1H3,(H,42,49)(H,44,48). The summed E-state index contributed by atoms with van der Waals surface area (Å²) in [6, 6.07) is 2.78. The number of likely N-dealkylation sites (tertiary alicyclic amines) is 1. The molecule has 1 aromatic heterocycles. The van der Waals surface area contributed by atoms with E-state index in [2.05, 4.69) is 88.2 Å². The van der Waals surface area contributed by atoms with Crippen molar-refractivity contribution in [2.75, 3.05) is 39.4 Å². The molecule has 282 valence electrons. The van der Waals surface area contributed by atoms with Gasteiger partial charge in [0.05, 0.1) is 18.8 Å². The fourth-order valence-electron chi connectivity index (χ4n) is 5.41. The first kappa shape index (κ1) is 43.3. The van der Waals surface area contributed by atoms with Crippen LogP contribution in [-0.4, -0.2) is 89.4 Å². The summed E-state index contributed by atoms with van der Waals surface area (Å²) in [6.07, 6.45) is 33.2. The summed E-state index contributed by atoms with van der Waals surface area (Å²) in [5, 5.41) is 24.3. The number of ether oxygens (including phenoxy) is 1. The Morgan fingerprint density at radius 2 is 1.49 bits per heavy atom. The molecule has 0 spiro atoms. The van der Waals surface area contributed by atoms with Crippen molar-refractivity contribution >= 4 is 17.8 Å². The van der Waals surface area contributed by atoms with Gasteiger partial charge in [0.15, 0.2) is 0 Å². The van der Waals surface area contributed by atoms with Crippen LogP contribution in [0, 0.1) is 0 Å². The summed E-state index contributed by atoms with van der Waals surface area (Å²) in [5.41, 5.74) is 1.47. The predicted octanol–water partition coefficient (Wildman–Crippen LogP) is 5.92. The van der Waals surface area contributed by atoms with Gasteiger partial charge in [-0.2, -0.15) is 0 Å². The third-order valence-electron chi connectivity index (χ3n) is 8.42. The molecule has 1 atom stereocenters. The summed E-state index contributed by atoms with van der Waals surface area (Å²) in [4.78, 5) is 45.0. The maximum absolute atomic E-state index is 12.8. The van der Waals surface area contributed by atoms with Crippen molar-refractivity contribution in [3.8, 4) is 0 Å². The molecule has 1 fully saturated rings. The minimum atomic E-state index is -1.05. The Kier molecular flexibility index (Phi) is 24.5. The number of aliphatic hydroxyl groups excluding tert-OH is 2. The van der Waals surface area contributed by atoms with Gasteiger partial charge in [-0.05, 0) is 102 Å². The molecule has 51 heavy (non-hydrogen) atoms. The number of aliphatic hydroxyl groups is 2. The second-order valence-electron chi connectivity index (χ2n) is 12.7. The number of unbranched alkanes of at least 4 members (excludes halogenated alkanes) is 2. The van der Waals surface area contributed by atoms with Gasteiger partial charge >= 0.3 is 5.97 Å². The molecule has 2 rings (SSSR count). The molecule has 2 amide bonds. The molecule has 0 aliphatic carbocycles. The minimum absolute atomic E-state index is 0.209. The number of pyridine rings is 1. The summed E-state index contributed by atoms with van der Waals surface area (Å²) in [6.45, 7) is 4.77. The van der Waals surface area contributed by atoms with Crippen LogP contribution in [0.4, 0.5) is 0 Å². The molecule has 2 heterocycles. The first-order chi connectivity index (χ1) is 25.0. The smallest absolute Gasteiger partial charge is 0.329 e. The Bertz CT molecular complexity index is 1250. The van der Waals surface area contributed by atoms with Gasteiger partial charge in [0.25, 0.3) is 5.91 Å². The monoisotopic (exact) mass is 706 g/mol. The maximum atomic E-state index is 12.8. The van der Waals surface area contributed by atoms with Crippen molar-refractivity contribution < 1.29 is 29.3 Å². The number of nitrogens with zero attached hydrogens (tertiary/aromatic N) is 2. The van der Waals surface area contributed by atoms with E-state index in [1.54, 1.807) is 12.3 Å². The normalized spacial score (nSPS) is 14.6. The molecule has 10 nitrogen and oxygen atoms in total. The van der Waals surface area contributed by atoms with Crippen LogP contribution in [0.25, 0.3) is 0 Å². The number of carbonyl (C=O) groups excluding carboxylic acids is 3. The molecular formula is C41H62N4O6. The molecule has 0 saturated carbocycles. The van der Waals surface area contributed by atoms with E-state index >= 15 is 0 Å². The molecule has 1 unspecified atom stereocenters. The van der Waals surface area contributed by atoms with E-state index in [1.807, 2.05) is 6.07 Å². The molecule has 1 saturated heterocycles. The molecule has 1 aliphatic heterocycles. The van der Waals surface area contributed by atoms with E-state index in [4.69, 9.17) is 4.74 Å². The predicted molar refractivity (Wildman–Crippen MR) is 204 cm³/mol. The number of hydrogen-bond acceptors (Lipinski definition) is 8. The molecular weight excluding hydrogens is 644 g/mol. The Morgan fingerprint density at radius 1 is 0.863 bits per heavy atom. The lowest BCUT2D eigenvalue weighted by atomic mass is 10.1. The lowest BCUT2D eigenvalue weighted by molar-refractivity contribution is -0.157. The highest BCUT2D eigenvalue weighted by molar-refractivity contribution is 5.93. The summed E-state index contributed by atoms with van der Waals surface area (Å²) in [5.74, 6) is -1.17. The summed E-state index contributed by atoms with van der Waals surface area (Å²) in [7, 11) is 0. The van der Waals surface area contributed by atoms with Gasteiger partial charge in [-0.15, -0.1) is 0 Å². The van der Waals surface area contributed by atoms with Crippen molar-refractivity contribution in [2.45, 2.75) is 109 Å². The average Bonchev–Trinajstić information content (AvgIpc) is 3.67. The fraction of sp³-hybridized carbons (Fsp3) is 0.561. The van der Waals surface area contributed by atoms with Gasteiger partial charge in [-0.3, -0.25) is 14.6 Å². The Balaban J connectivity index is 1.66. The van der Waals surface area contributed by atoms with Crippen LogP contribution in [0.2, 0.25) is 0 Å². The largest absolute Gasteiger partial charge is 0.456 e. The molecule has 0 aromatic carbocycles. The van der Waals surface area contributed by atoms with Crippen molar-refractivity contribution in [3.05, 3.63) is 90.3 Å². The third kappa shape index (κ3) is 21.2. The van der Waals surface area contributed by atoms with Crippen LogP contribution >= 0.6 is 0 Å². The SMILES string of the molecule is CCC=CCC=CCC=CCC=CCC=CCCCC(=O)NC(CCCCNC(=O)c1ccc(CCN2CCCC2)nc1)C(=O)OC(CO)CO. The number of rotatable bonds is 27. The van der Waals surface area contributed by atoms with Gasteiger partial charge in [-0.1, -0.05) is 67.7 Å². The zero-order valence-corrected chi connectivity index (χ0v) is 30.7. The van der Waals surface area contributed by atoms with E-state index in [9.17, 15) is 24.6 Å². The number of aromatic nitrogens is 1. The molecule has 0 bridgehead atoms. The van der Waals surface area contributed by atoms with Gasteiger partial charge in [0.2, 0.25) is 5.91 Å². The van der Waals surface area contributed by atoms with E-state index in [-0.39, 0.29) is 18.2 Å². The van der Waals surface area contributed by atoms with Crippen LogP contribution in [0.3, 0.4) is 0 Å². The number of nitrogens with one attached hydrogen (secondary N) is 2. The molecule has 10 heteroatoms. The minimum Gasteiger partial charge on any atom is -0.456 e. The van der Waals surface area contributed by atoms with E-state index in [0.717, 1.165) is 70.3 Å².